The van der Waals surface area contributed by atoms with Crippen LogP contribution in [0, 0.1) is 16.7 Å². The molecule has 3 aromatic carbocycles. The van der Waals surface area contributed by atoms with Gasteiger partial charge in [-0.15, -0.1) is 0 Å². The average molecular weight is 497 g/mol. The normalized spacial score (nSPS) is 24.2. The summed E-state index contributed by atoms with van der Waals surface area (Å²) in [4.78, 5) is 28.5. The zero-order valence-electron chi connectivity index (χ0n) is 20.7. The van der Waals surface area contributed by atoms with Crippen molar-refractivity contribution < 1.29 is 9.59 Å². The van der Waals surface area contributed by atoms with Gasteiger partial charge < -0.3 is 0 Å². The highest BCUT2D eigenvalue weighted by Gasteiger charge is 2.67. The maximum absolute atomic E-state index is 14.4. The van der Waals surface area contributed by atoms with Crippen LogP contribution in [-0.2, 0) is 9.59 Å². The molecule has 0 saturated heterocycles. The number of amides is 1. The van der Waals surface area contributed by atoms with Gasteiger partial charge in [0.2, 0.25) is 0 Å². The summed E-state index contributed by atoms with van der Waals surface area (Å²) in [7, 11) is 0. The molecule has 1 aliphatic heterocycles. The highest BCUT2D eigenvalue weighted by Crippen LogP contribution is 2.57. The summed E-state index contributed by atoms with van der Waals surface area (Å²) in [6, 6.07) is 26.9. The number of carbonyl (C=O) groups excluding carboxylic acids is 2. The Morgan fingerprint density at radius 3 is 2.14 bits per heavy atom. The zero-order chi connectivity index (χ0) is 25.5. The number of ketones is 1. The molecule has 0 radical (unpaired) electrons. The predicted molar refractivity (Wildman–Crippen MR) is 146 cm³/mol. The van der Waals surface area contributed by atoms with Crippen LogP contribution >= 0.6 is 11.6 Å². The molecule has 5 heteroatoms. The van der Waals surface area contributed by atoms with Crippen LogP contribution in [0.3, 0.4) is 0 Å². The molecule has 0 unspecified atom stereocenters. The van der Waals surface area contributed by atoms with Crippen LogP contribution in [0.2, 0.25) is 5.02 Å². The molecule has 1 spiro atoms. The molecule has 1 saturated carbocycles. The Morgan fingerprint density at radius 2 is 1.53 bits per heavy atom. The Kier molecular flexibility index (Phi) is 6.17. The summed E-state index contributed by atoms with van der Waals surface area (Å²) in [6.07, 6.45) is 4.33. The lowest BCUT2D eigenvalue weighted by molar-refractivity contribution is -0.134. The third-order valence-corrected chi connectivity index (χ3v) is 7.44. The Bertz CT molecular complexity index is 1340. The number of hydrogen-bond donors (Lipinski definition) is 0. The molecule has 2 aliphatic rings. The smallest absolute Gasteiger partial charge is 0.267 e. The van der Waals surface area contributed by atoms with Gasteiger partial charge in [0.05, 0.1) is 11.4 Å². The van der Waals surface area contributed by atoms with E-state index in [1.807, 2.05) is 118 Å². The molecule has 1 amide bonds. The lowest BCUT2D eigenvalue weighted by Crippen LogP contribution is -2.51. The van der Waals surface area contributed by atoms with Crippen molar-refractivity contribution in [2.75, 3.05) is 5.01 Å². The van der Waals surface area contributed by atoms with Crippen molar-refractivity contribution >= 4 is 40.8 Å². The fraction of sp³-hybridized carbons (Fsp3) is 0.258. The van der Waals surface area contributed by atoms with E-state index in [4.69, 9.17) is 16.7 Å². The number of para-hydroxylation sites is 1. The van der Waals surface area contributed by atoms with Crippen molar-refractivity contribution in [2.24, 2.45) is 21.8 Å². The fourth-order valence-corrected chi connectivity index (χ4v) is 5.72. The molecule has 1 aliphatic carbocycles. The van der Waals surface area contributed by atoms with Crippen LogP contribution in [0.4, 0.5) is 5.69 Å². The minimum atomic E-state index is -1.37. The number of nitrogens with zero attached hydrogens (tertiary/aromatic N) is 2. The molecule has 1 fully saturated rings. The number of rotatable bonds is 4. The number of hydrazone groups is 1. The number of anilines is 1. The maximum Gasteiger partial charge on any atom is 0.267 e. The first-order valence-electron chi connectivity index (χ1n) is 12.2. The maximum atomic E-state index is 14.4. The van der Waals surface area contributed by atoms with Gasteiger partial charge in [0.1, 0.15) is 0 Å². The van der Waals surface area contributed by atoms with Crippen LogP contribution in [0.25, 0.3) is 6.08 Å². The minimum absolute atomic E-state index is 0.0812. The highest BCUT2D eigenvalue weighted by atomic mass is 35.5. The van der Waals surface area contributed by atoms with E-state index in [1.165, 1.54) is 5.01 Å². The quantitative estimate of drug-likeness (QED) is 0.360. The van der Waals surface area contributed by atoms with Gasteiger partial charge >= 0.3 is 0 Å². The molecule has 0 N–H and O–H groups in total. The van der Waals surface area contributed by atoms with E-state index in [0.29, 0.717) is 16.4 Å². The third-order valence-electron chi connectivity index (χ3n) is 7.19. The van der Waals surface area contributed by atoms with Crippen molar-refractivity contribution in [1.29, 1.82) is 0 Å². The van der Waals surface area contributed by atoms with E-state index in [0.717, 1.165) is 11.1 Å². The Morgan fingerprint density at radius 1 is 0.917 bits per heavy atom. The van der Waals surface area contributed by atoms with E-state index >= 15 is 0 Å². The van der Waals surface area contributed by atoms with E-state index < -0.39 is 16.7 Å². The second kappa shape index (κ2) is 9.18. The molecule has 0 bridgehead atoms. The summed E-state index contributed by atoms with van der Waals surface area (Å²) >= 11 is 6.18. The largest absolute Gasteiger partial charge is 0.298 e. The van der Waals surface area contributed by atoms with Crippen LogP contribution in [0.5, 0.6) is 0 Å². The molecule has 36 heavy (non-hydrogen) atoms. The lowest BCUT2D eigenvalue weighted by Gasteiger charge is -2.35. The Hall–Kier alpha value is -3.50. The minimum Gasteiger partial charge on any atom is -0.298 e. The van der Waals surface area contributed by atoms with Gasteiger partial charge in [-0.2, -0.15) is 10.1 Å². The number of carbonyl (C=O) groups is 2. The van der Waals surface area contributed by atoms with Gasteiger partial charge in [-0.25, -0.2) is 0 Å². The van der Waals surface area contributed by atoms with Gasteiger partial charge in [0, 0.05) is 22.8 Å². The number of hydrogen-bond acceptors (Lipinski definition) is 3. The van der Waals surface area contributed by atoms with Gasteiger partial charge in [-0.05, 0) is 41.3 Å². The predicted octanol–water partition coefficient (Wildman–Crippen LogP) is 7.16. The lowest BCUT2D eigenvalue weighted by atomic mass is 9.63. The zero-order valence-corrected chi connectivity index (χ0v) is 21.4. The Labute approximate surface area is 217 Å². The van der Waals surface area contributed by atoms with E-state index in [9.17, 15) is 9.59 Å². The molecule has 3 atom stereocenters. The molecule has 4 nitrogen and oxygen atoms in total. The number of halogens is 1. The molecular weight excluding hydrogens is 468 g/mol. The topological polar surface area (TPSA) is 49.7 Å². The summed E-state index contributed by atoms with van der Waals surface area (Å²) < 4.78 is 0. The first-order chi connectivity index (χ1) is 17.2. The summed E-state index contributed by atoms with van der Waals surface area (Å²) in [5.41, 5.74) is 1.42. The fourth-order valence-electron chi connectivity index (χ4n) is 5.60. The van der Waals surface area contributed by atoms with Gasteiger partial charge in [0.15, 0.2) is 11.2 Å². The first kappa shape index (κ1) is 24.2. The third kappa shape index (κ3) is 4.00. The van der Waals surface area contributed by atoms with Crippen LogP contribution in [0.15, 0.2) is 96.1 Å². The standard InChI is InChI=1S/C31H29ClN2O2/c1-30(2,3)28-31(29(36)34(33-28)24-12-8-5-9-13-24)26(19-14-21-10-6-4-7-11-21)25(20-27(31)35)22-15-17-23(32)18-16-22/h4-19,25-26H,20H2,1-3H3/b19-14+/t25-,26-,31-/m1/s1. The molecular formula is C31H29ClN2O2. The van der Waals surface area contributed by atoms with Crippen LogP contribution in [0.1, 0.15) is 44.2 Å². The SMILES string of the molecule is CC(C)(C)C1=NN(c2ccccc2)C(=O)[C@]12C(=O)C[C@H](c1ccc(Cl)cc1)[C@H]2/C=C/c1ccccc1. The summed E-state index contributed by atoms with van der Waals surface area (Å²) in [5.74, 6) is -0.933. The molecule has 3 aromatic rings. The van der Waals surface area contributed by atoms with Crippen LogP contribution in [-0.4, -0.2) is 17.4 Å². The molecule has 182 valence electrons. The molecule has 1 heterocycles. The van der Waals surface area contributed by atoms with Gasteiger partial charge in [-0.1, -0.05) is 105 Å². The first-order valence-corrected chi connectivity index (χ1v) is 12.6. The number of allylic oxidation sites excluding steroid dienone is 1. The van der Waals surface area contributed by atoms with Gasteiger partial charge in [0.25, 0.3) is 5.91 Å². The number of Topliss-reactive ketones (excluding diaryl/α,β-unsaturated/α-hetero) is 1. The molecule has 0 aromatic heterocycles. The van der Waals surface area contributed by atoms with E-state index in [2.05, 4.69) is 0 Å². The van der Waals surface area contributed by atoms with Crippen molar-refractivity contribution in [3.8, 4) is 0 Å². The monoisotopic (exact) mass is 496 g/mol. The van der Waals surface area contributed by atoms with Crippen molar-refractivity contribution in [2.45, 2.75) is 33.1 Å². The van der Waals surface area contributed by atoms with Crippen molar-refractivity contribution in [1.82, 2.24) is 0 Å². The number of benzene rings is 3. The summed E-state index contributed by atoms with van der Waals surface area (Å²) in [6.45, 7) is 6.07. The van der Waals surface area contributed by atoms with E-state index in [1.54, 1.807) is 0 Å². The van der Waals surface area contributed by atoms with Gasteiger partial charge in [-0.3, -0.25) is 9.59 Å². The van der Waals surface area contributed by atoms with Crippen LogP contribution < -0.4 is 5.01 Å². The van der Waals surface area contributed by atoms with Crippen molar-refractivity contribution in [3.63, 3.8) is 0 Å². The van der Waals surface area contributed by atoms with E-state index in [-0.39, 0.29) is 24.0 Å². The Balaban J connectivity index is 1.70. The molecule has 5 rings (SSSR count). The second-order valence-electron chi connectivity index (χ2n) is 10.5. The average Bonchev–Trinajstić information content (AvgIpc) is 3.34. The van der Waals surface area contributed by atoms with Crippen molar-refractivity contribution in [3.05, 3.63) is 107 Å². The summed E-state index contributed by atoms with van der Waals surface area (Å²) in [5, 5.41) is 6.94. The second-order valence-corrected chi connectivity index (χ2v) is 11.0. The highest BCUT2D eigenvalue weighted by molar-refractivity contribution is 6.34.